The summed E-state index contributed by atoms with van der Waals surface area (Å²) >= 11 is 0. The molecule has 1 aliphatic heterocycles. The van der Waals surface area contributed by atoms with Gasteiger partial charge in [-0.2, -0.15) is 4.31 Å². The Balaban J connectivity index is 1.91. The second-order valence-corrected chi connectivity index (χ2v) is 8.14. The number of amides is 3. The topological polar surface area (TPSA) is 116 Å². The Morgan fingerprint density at radius 2 is 1.78 bits per heavy atom. The quantitative estimate of drug-likeness (QED) is 0.656. The van der Waals surface area contributed by atoms with Crippen molar-refractivity contribution >= 4 is 27.7 Å². The summed E-state index contributed by atoms with van der Waals surface area (Å²) in [5.41, 5.74) is 0.358. The molecule has 2 N–H and O–H groups in total. The number of nitrogens with zero attached hydrogens (tertiary/aromatic N) is 2. The lowest BCUT2D eigenvalue weighted by Crippen LogP contribution is -2.49. The minimum atomic E-state index is -3.67. The third-order valence-electron chi connectivity index (χ3n) is 4.34. The fourth-order valence-electron chi connectivity index (χ4n) is 2.73. The van der Waals surface area contributed by atoms with Gasteiger partial charge in [0.05, 0.1) is 4.90 Å². The molecule has 9 nitrogen and oxygen atoms in total. The molecule has 1 heterocycles. The first-order valence-electron chi connectivity index (χ1n) is 8.59. The third kappa shape index (κ3) is 5.59. The number of Topliss-reactive ketones (excluding diaryl/α,β-unsaturated/α-hetero) is 1. The highest BCUT2D eigenvalue weighted by Crippen LogP contribution is 2.19. The maximum absolute atomic E-state index is 12.8. The van der Waals surface area contributed by atoms with Gasteiger partial charge in [-0.15, -0.1) is 0 Å². The third-order valence-corrected chi connectivity index (χ3v) is 6.24. The van der Waals surface area contributed by atoms with Crippen LogP contribution in [0.2, 0.25) is 0 Å². The number of hydrogen-bond donors (Lipinski definition) is 2. The van der Waals surface area contributed by atoms with E-state index >= 15 is 0 Å². The Morgan fingerprint density at radius 3 is 2.37 bits per heavy atom. The van der Waals surface area contributed by atoms with E-state index in [0.29, 0.717) is 38.3 Å². The van der Waals surface area contributed by atoms with E-state index in [1.54, 1.807) is 12.1 Å². The zero-order valence-electron chi connectivity index (χ0n) is 15.4. The standard InChI is InChI=1S/C17H24N4O5S/c1-13(22)14-4-3-5-15(12-14)27(25,26)21-10-8-20(9-11-21)7-6-16(23)19-17(24)18-2/h3-5,12H,6-11H2,1-2H3,(H2,18,19,23,24). The Kier molecular flexibility index (Phi) is 7.05. The molecule has 3 amide bonds. The van der Waals surface area contributed by atoms with Crippen LogP contribution >= 0.6 is 0 Å². The minimum Gasteiger partial charge on any atom is -0.341 e. The van der Waals surface area contributed by atoms with Crippen LogP contribution in [0.5, 0.6) is 0 Å². The van der Waals surface area contributed by atoms with Gasteiger partial charge in [0.25, 0.3) is 0 Å². The fourth-order valence-corrected chi connectivity index (χ4v) is 4.20. The number of benzene rings is 1. The van der Waals surface area contributed by atoms with E-state index in [0.717, 1.165) is 0 Å². The van der Waals surface area contributed by atoms with Gasteiger partial charge in [0.1, 0.15) is 0 Å². The number of piperazine rings is 1. The van der Waals surface area contributed by atoms with Crippen LogP contribution in [0.3, 0.4) is 0 Å². The van der Waals surface area contributed by atoms with Crippen LogP contribution in [-0.2, 0) is 14.8 Å². The molecule has 0 bridgehead atoms. The summed E-state index contributed by atoms with van der Waals surface area (Å²) in [4.78, 5) is 36.3. The Labute approximate surface area is 158 Å². The summed E-state index contributed by atoms with van der Waals surface area (Å²) in [5.74, 6) is -0.572. The van der Waals surface area contributed by atoms with Crippen molar-refractivity contribution in [2.75, 3.05) is 39.8 Å². The molecule has 0 aromatic heterocycles. The van der Waals surface area contributed by atoms with Crippen LogP contribution in [-0.4, -0.2) is 75.1 Å². The van der Waals surface area contributed by atoms with Crippen molar-refractivity contribution in [2.24, 2.45) is 0 Å². The summed E-state index contributed by atoms with van der Waals surface area (Å²) in [5, 5.41) is 4.49. The van der Waals surface area contributed by atoms with Gasteiger partial charge in [-0.1, -0.05) is 12.1 Å². The normalized spacial score (nSPS) is 15.9. The van der Waals surface area contributed by atoms with E-state index in [2.05, 4.69) is 10.6 Å². The summed E-state index contributed by atoms with van der Waals surface area (Å²) in [7, 11) is -2.24. The summed E-state index contributed by atoms with van der Waals surface area (Å²) in [6.45, 7) is 3.40. The first-order valence-corrected chi connectivity index (χ1v) is 10.0. The molecule has 0 spiro atoms. The number of rotatable bonds is 6. The largest absolute Gasteiger partial charge is 0.341 e. The molecule has 1 aliphatic rings. The number of urea groups is 1. The average Bonchev–Trinajstić information content (AvgIpc) is 2.66. The van der Waals surface area contributed by atoms with Crippen molar-refractivity contribution in [1.82, 2.24) is 19.8 Å². The average molecular weight is 396 g/mol. The lowest BCUT2D eigenvalue weighted by atomic mass is 10.2. The van der Waals surface area contributed by atoms with Crippen LogP contribution in [0.4, 0.5) is 4.79 Å². The zero-order chi connectivity index (χ0) is 20.0. The molecule has 0 radical (unpaired) electrons. The van der Waals surface area contributed by atoms with E-state index in [1.807, 2.05) is 4.90 Å². The van der Waals surface area contributed by atoms with Crippen molar-refractivity contribution in [1.29, 1.82) is 0 Å². The lowest BCUT2D eigenvalue weighted by Gasteiger charge is -2.33. The maximum atomic E-state index is 12.8. The Hall–Kier alpha value is -2.30. The van der Waals surface area contributed by atoms with Gasteiger partial charge in [0.2, 0.25) is 15.9 Å². The summed E-state index contributed by atoms with van der Waals surface area (Å²) < 4.78 is 26.9. The van der Waals surface area contributed by atoms with Gasteiger partial charge in [0, 0.05) is 51.8 Å². The highest BCUT2D eigenvalue weighted by Gasteiger charge is 2.28. The van der Waals surface area contributed by atoms with E-state index in [9.17, 15) is 22.8 Å². The second kappa shape index (κ2) is 9.07. The number of hydrogen-bond acceptors (Lipinski definition) is 6. The van der Waals surface area contributed by atoms with Crippen molar-refractivity contribution in [3.05, 3.63) is 29.8 Å². The number of sulfonamides is 1. The van der Waals surface area contributed by atoms with Crippen LogP contribution in [0.15, 0.2) is 29.2 Å². The highest BCUT2D eigenvalue weighted by molar-refractivity contribution is 7.89. The van der Waals surface area contributed by atoms with Crippen molar-refractivity contribution in [2.45, 2.75) is 18.2 Å². The molecule has 1 saturated heterocycles. The van der Waals surface area contributed by atoms with Crippen molar-refractivity contribution in [3.8, 4) is 0 Å². The molecule has 10 heteroatoms. The maximum Gasteiger partial charge on any atom is 0.321 e. The Morgan fingerprint density at radius 1 is 1.11 bits per heavy atom. The van der Waals surface area contributed by atoms with E-state index in [-0.39, 0.29) is 23.0 Å². The van der Waals surface area contributed by atoms with Gasteiger partial charge in [-0.3, -0.25) is 14.9 Å². The molecule has 1 aromatic carbocycles. The van der Waals surface area contributed by atoms with E-state index in [1.165, 1.54) is 30.4 Å². The predicted octanol–water partition coefficient (Wildman–Crippen LogP) is 0.0412. The second-order valence-electron chi connectivity index (χ2n) is 6.21. The molecule has 0 saturated carbocycles. The molecular weight excluding hydrogens is 372 g/mol. The van der Waals surface area contributed by atoms with Crippen LogP contribution < -0.4 is 10.6 Å². The molecule has 1 aromatic rings. The number of ketones is 1. The molecule has 0 aliphatic carbocycles. The van der Waals surface area contributed by atoms with Crippen LogP contribution in [0.1, 0.15) is 23.7 Å². The van der Waals surface area contributed by atoms with Gasteiger partial charge in [-0.05, 0) is 19.1 Å². The Bertz CT molecular complexity index is 816. The fraction of sp³-hybridized carbons (Fsp3) is 0.471. The van der Waals surface area contributed by atoms with Crippen LogP contribution in [0, 0.1) is 0 Å². The molecule has 0 unspecified atom stereocenters. The van der Waals surface area contributed by atoms with Crippen LogP contribution in [0.25, 0.3) is 0 Å². The highest BCUT2D eigenvalue weighted by atomic mass is 32.2. The van der Waals surface area contributed by atoms with Gasteiger partial charge in [-0.25, -0.2) is 13.2 Å². The number of carbonyl (C=O) groups is 3. The molecule has 148 valence electrons. The predicted molar refractivity (Wildman–Crippen MR) is 98.9 cm³/mol. The number of imide groups is 1. The van der Waals surface area contributed by atoms with E-state index < -0.39 is 16.1 Å². The molecule has 27 heavy (non-hydrogen) atoms. The number of carbonyl (C=O) groups excluding carboxylic acids is 3. The first kappa shape index (κ1) is 21.0. The smallest absolute Gasteiger partial charge is 0.321 e. The van der Waals surface area contributed by atoms with Crippen molar-refractivity contribution in [3.63, 3.8) is 0 Å². The molecule has 0 atom stereocenters. The van der Waals surface area contributed by atoms with Gasteiger partial charge in [0.15, 0.2) is 5.78 Å². The zero-order valence-corrected chi connectivity index (χ0v) is 16.2. The van der Waals surface area contributed by atoms with Gasteiger partial charge >= 0.3 is 6.03 Å². The van der Waals surface area contributed by atoms with E-state index in [4.69, 9.17) is 0 Å². The van der Waals surface area contributed by atoms with Gasteiger partial charge < -0.3 is 10.2 Å². The summed E-state index contributed by atoms with van der Waals surface area (Å²) in [6.07, 6.45) is 0.154. The lowest BCUT2D eigenvalue weighted by molar-refractivity contribution is -0.120. The molecule has 2 rings (SSSR count). The first-order chi connectivity index (χ1) is 12.7. The number of nitrogens with one attached hydrogen (secondary N) is 2. The van der Waals surface area contributed by atoms with Crippen molar-refractivity contribution < 1.29 is 22.8 Å². The SMILES string of the molecule is CNC(=O)NC(=O)CCN1CCN(S(=O)(=O)c2cccc(C(C)=O)c2)CC1. The minimum absolute atomic E-state index is 0.105. The molecular formula is C17H24N4O5S. The molecule has 1 fully saturated rings. The monoisotopic (exact) mass is 396 g/mol. The summed E-state index contributed by atoms with van der Waals surface area (Å²) in [6, 6.07) is 5.47.